The summed E-state index contributed by atoms with van der Waals surface area (Å²) in [5.41, 5.74) is 2.10. The van der Waals surface area contributed by atoms with Gasteiger partial charge < -0.3 is 18.3 Å². The molecule has 1 aliphatic heterocycles. The maximum absolute atomic E-state index is 6.94. The van der Waals surface area contributed by atoms with Gasteiger partial charge in [0.05, 0.1) is 24.8 Å². The Morgan fingerprint density at radius 2 is 1.62 bits per heavy atom. The third-order valence-corrected chi connectivity index (χ3v) is 17.4. The Bertz CT molecular complexity index is 939. The molecule has 0 saturated carbocycles. The average molecular weight is 563 g/mol. The van der Waals surface area contributed by atoms with Crippen molar-refractivity contribution in [2.45, 2.75) is 103 Å². The summed E-state index contributed by atoms with van der Waals surface area (Å²) in [6.07, 6.45) is 15.2. The fraction of sp³-hybridized carbons (Fsp3) is 0.667. The van der Waals surface area contributed by atoms with Crippen LogP contribution in [0.5, 0.6) is 0 Å². The Morgan fingerprint density at radius 3 is 2.24 bits per heavy atom. The molecule has 0 amide bonds. The number of hydrogen-bond acceptors (Lipinski definition) is 5. The van der Waals surface area contributed by atoms with Gasteiger partial charge in [-0.25, -0.2) is 0 Å². The minimum Gasteiger partial charge on any atom is -0.414 e. The van der Waals surface area contributed by atoms with Crippen LogP contribution in [0.25, 0.3) is 0 Å². The second-order valence-electron chi connectivity index (χ2n) is 13.0. The molecule has 0 aromatic carbocycles. The van der Waals surface area contributed by atoms with Crippen molar-refractivity contribution in [1.82, 2.24) is 0 Å². The molecule has 1 saturated heterocycles. The van der Waals surface area contributed by atoms with Gasteiger partial charge in [0.1, 0.15) is 12.7 Å². The molecule has 2 rings (SSSR count). The predicted molar refractivity (Wildman–Crippen MR) is 165 cm³/mol. The van der Waals surface area contributed by atoms with Crippen molar-refractivity contribution in [3.05, 3.63) is 47.6 Å². The Labute approximate surface area is 233 Å². The molecule has 7 heteroatoms. The molecule has 0 spiro atoms. The van der Waals surface area contributed by atoms with E-state index in [-0.39, 0.29) is 28.4 Å². The standard InChI is InChI=1S/C30H50O4SSi2/c1-29(2,3)36(8,9)32-22-28-27(34-37(10,11)30(4,5)6)21-26(33-28)25-17-13-12-15-24(18-19-25)16-14-20-31-23-35-7/h12-13,15,17-19,26-28H,20-23H2,1-11H3/b13-12-,15-12?,17-13?,19-18?,24-15?,24-18?,25-17+,25-19?. The van der Waals surface area contributed by atoms with E-state index in [0.717, 1.165) is 17.6 Å². The van der Waals surface area contributed by atoms with Crippen LogP contribution >= 0.6 is 11.8 Å². The molecule has 1 heterocycles. The highest BCUT2D eigenvalue weighted by Crippen LogP contribution is 2.42. The number of hydrogen-bond donors (Lipinski definition) is 0. The number of allylic oxidation sites excluding steroid dienone is 6. The summed E-state index contributed by atoms with van der Waals surface area (Å²) in [4.78, 5) is 0. The highest BCUT2D eigenvalue weighted by Gasteiger charge is 2.46. The van der Waals surface area contributed by atoms with Crippen molar-refractivity contribution >= 4 is 28.4 Å². The Morgan fingerprint density at radius 1 is 0.973 bits per heavy atom. The van der Waals surface area contributed by atoms with E-state index in [1.54, 1.807) is 11.8 Å². The molecule has 4 nitrogen and oxygen atoms in total. The smallest absolute Gasteiger partial charge is 0.192 e. The van der Waals surface area contributed by atoms with Crippen LogP contribution in [-0.4, -0.2) is 60.4 Å². The first-order chi connectivity index (χ1) is 17.1. The van der Waals surface area contributed by atoms with Gasteiger partial charge in [0.25, 0.3) is 0 Å². The lowest BCUT2D eigenvalue weighted by Gasteiger charge is -2.40. The molecule has 0 radical (unpaired) electrons. The van der Waals surface area contributed by atoms with Crippen molar-refractivity contribution in [2.24, 2.45) is 0 Å². The van der Waals surface area contributed by atoms with Crippen LogP contribution in [0.3, 0.4) is 0 Å². The van der Waals surface area contributed by atoms with Gasteiger partial charge in [-0.05, 0) is 60.2 Å². The van der Waals surface area contributed by atoms with Crippen LogP contribution in [0.15, 0.2) is 47.6 Å². The van der Waals surface area contributed by atoms with E-state index in [4.69, 9.17) is 18.3 Å². The lowest BCUT2D eigenvalue weighted by Crippen LogP contribution is -2.48. The SMILES string of the molecule is CSCOCC#CC1=C/C=C\C=C(\C2CC(O[Si](C)(C)C(C)(C)C)C(CO[Si](C)(C)C(C)(C)C)O2)C=C1. The minimum atomic E-state index is -1.97. The van der Waals surface area contributed by atoms with Gasteiger partial charge in [-0.15, -0.1) is 11.8 Å². The lowest BCUT2D eigenvalue weighted by atomic mass is 10.0. The van der Waals surface area contributed by atoms with Gasteiger partial charge in [0, 0.05) is 12.0 Å². The molecule has 0 N–H and O–H groups in total. The molecule has 2 aliphatic rings. The maximum atomic E-state index is 6.94. The van der Waals surface area contributed by atoms with E-state index >= 15 is 0 Å². The molecule has 1 aliphatic carbocycles. The zero-order valence-electron chi connectivity index (χ0n) is 25.1. The number of ether oxygens (including phenoxy) is 2. The minimum absolute atomic E-state index is 0.0165. The van der Waals surface area contributed by atoms with Crippen molar-refractivity contribution in [3.8, 4) is 11.8 Å². The fourth-order valence-electron chi connectivity index (χ4n) is 3.50. The van der Waals surface area contributed by atoms with Gasteiger partial charge >= 0.3 is 0 Å². The summed E-state index contributed by atoms with van der Waals surface area (Å²) in [5.74, 6) is 6.97. The van der Waals surface area contributed by atoms with E-state index in [2.05, 4.69) is 104 Å². The normalized spacial score (nSPS) is 25.4. The van der Waals surface area contributed by atoms with E-state index in [9.17, 15) is 0 Å². The van der Waals surface area contributed by atoms with E-state index in [0.29, 0.717) is 19.2 Å². The van der Waals surface area contributed by atoms with Gasteiger partial charge in [-0.2, -0.15) is 0 Å². The van der Waals surface area contributed by atoms with Crippen LogP contribution in [0.2, 0.25) is 36.3 Å². The molecule has 208 valence electrons. The van der Waals surface area contributed by atoms with Crippen molar-refractivity contribution in [1.29, 1.82) is 0 Å². The first-order valence-electron chi connectivity index (χ1n) is 13.4. The lowest BCUT2D eigenvalue weighted by molar-refractivity contribution is -0.00563. The van der Waals surface area contributed by atoms with Crippen LogP contribution in [0.1, 0.15) is 48.0 Å². The molecule has 0 aromatic rings. The topological polar surface area (TPSA) is 36.9 Å². The first-order valence-corrected chi connectivity index (χ1v) is 20.6. The molecule has 1 fully saturated rings. The number of rotatable bonds is 9. The highest BCUT2D eigenvalue weighted by molar-refractivity contribution is 7.98. The average Bonchev–Trinajstić information content (AvgIpc) is 3.13. The highest BCUT2D eigenvalue weighted by atomic mass is 32.2. The molecular formula is C30H50O4SSi2. The van der Waals surface area contributed by atoms with Crippen molar-refractivity contribution in [2.75, 3.05) is 25.4 Å². The van der Waals surface area contributed by atoms with Crippen LogP contribution < -0.4 is 0 Å². The van der Waals surface area contributed by atoms with Crippen LogP contribution in [0.4, 0.5) is 0 Å². The van der Waals surface area contributed by atoms with Crippen molar-refractivity contribution in [3.63, 3.8) is 0 Å². The largest absolute Gasteiger partial charge is 0.414 e. The van der Waals surface area contributed by atoms with E-state index in [1.165, 1.54) is 0 Å². The van der Waals surface area contributed by atoms with E-state index < -0.39 is 16.6 Å². The van der Waals surface area contributed by atoms with Crippen LogP contribution in [-0.2, 0) is 18.3 Å². The zero-order chi connectivity index (χ0) is 27.9. The van der Waals surface area contributed by atoms with Gasteiger partial charge in [-0.3, -0.25) is 0 Å². The predicted octanol–water partition coefficient (Wildman–Crippen LogP) is 7.88. The Hall–Kier alpha value is -0.856. The molecule has 0 aromatic heterocycles. The Balaban J connectivity index is 2.20. The zero-order valence-corrected chi connectivity index (χ0v) is 27.9. The quantitative estimate of drug-likeness (QED) is 0.124. The summed E-state index contributed by atoms with van der Waals surface area (Å²) in [5, 5.41) is 0.288. The van der Waals surface area contributed by atoms with Gasteiger partial charge in [-0.1, -0.05) is 77.7 Å². The second-order valence-corrected chi connectivity index (χ2v) is 23.3. The summed E-state index contributed by atoms with van der Waals surface area (Å²) < 4.78 is 25.7. The third-order valence-electron chi connectivity index (χ3n) is 7.98. The summed E-state index contributed by atoms with van der Waals surface area (Å²) in [6.45, 7) is 24.0. The monoisotopic (exact) mass is 562 g/mol. The van der Waals surface area contributed by atoms with E-state index in [1.807, 2.05) is 18.4 Å². The Kier molecular flexibility index (Phi) is 11.8. The molecule has 3 atom stereocenters. The maximum Gasteiger partial charge on any atom is 0.192 e. The summed E-state index contributed by atoms with van der Waals surface area (Å²) in [6, 6.07) is 0. The molecule has 37 heavy (non-hydrogen) atoms. The first kappa shape index (κ1) is 32.4. The molecule has 0 bridgehead atoms. The summed E-state index contributed by atoms with van der Waals surface area (Å²) >= 11 is 1.65. The molecular weight excluding hydrogens is 513 g/mol. The van der Waals surface area contributed by atoms with Crippen molar-refractivity contribution < 1.29 is 18.3 Å². The van der Waals surface area contributed by atoms with Gasteiger partial charge in [0.2, 0.25) is 0 Å². The van der Waals surface area contributed by atoms with Gasteiger partial charge in [0.15, 0.2) is 16.6 Å². The fourth-order valence-corrected chi connectivity index (χ4v) is 6.12. The third kappa shape index (κ3) is 9.68. The van der Waals surface area contributed by atoms with Crippen LogP contribution in [0, 0.1) is 11.8 Å². The molecule has 3 unspecified atom stereocenters. The number of thioether (sulfide) groups is 1. The summed E-state index contributed by atoms with van der Waals surface area (Å²) in [7, 11) is -3.87. The second kappa shape index (κ2) is 13.5.